The molecule has 0 aromatic heterocycles. The molecule has 4 aliphatic rings. The zero-order valence-electron chi connectivity index (χ0n) is 9.13. The van der Waals surface area contributed by atoms with E-state index in [0.717, 1.165) is 44.9 Å². The van der Waals surface area contributed by atoms with Gasteiger partial charge in [0.2, 0.25) is 0 Å². The Morgan fingerprint density at radius 2 is 1.33 bits per heavy atom. The number of hydrogen-bond donors (Lipinski definition) is 0. The van der Waals surface area contributed by atoms with Gasteiger partial charge < -0.3 is 0 Å². The molecule has 18 heavy (non-hydrogen) atoms. The fourth-order valence-corrected chi connectivity index (χ4v) is 29.2. The Morgan fingerprint density at radius 3 is 2.00 bits per heavy atom. The van der Waals surface area contributed by atoms with Crippen molar-refractivity contribution in [1.82, 2.24) is 0 Å². The summed E-state index contributed by atoms with van der Waals surface area (Å²) in [7, 11) is 0. The monoisotopic (exact) mass is 577 g/mol. The number of rotatable bonds is 0. The first-order valence-corrected chi connectivity index (χ1v) is 16.4. The van der Waals surface area contributed by atoms with Crippen molar-refractivity contribution >= 4 is 107 Å². The van der Waals surface area contributed by atoms with Crippen LogP contribution >= 0.6 is 47.0 Å². The van der Waals surface area contributed by atoms with Crippen LogP contribution in [0.15, 0.2) is 22.0 Å². The van der Waals surface area contributed by atoms with Crippen LogP contribution in [0, 0.1) is 0 Å². The van der Waals surface area contributed by atoms with Gasteiger partial charge in [0, 0.05) is 0 Å². The summed E-state index contributed by atoms with van der Waals surface area (Å²) >= 11 is 11.5. The topological polar surface area (TPSA) is 0 Å². The van der Waals surface area contributed by atoms with Gasteiger partial charge in [0.1, 0.15) is 0 Å². The third-order valence-electron chi connectivity index (χ3n) is 2.38. The summed E-state index contributed by atoms with van der Waals surface area (Å²) in [6.07, 6.45) is 0. The van der Waals surface area contributed by atoms with Crippen molar-refractivity contribution in [3.8, 4) is 0 Å². The predicted octanol–water partition coefficient (Wildman–Crippen LogP) is 1.90. The van der Waals surface area contributed by atoms with Crippen LogP contribution in [0.1, 0.15) is 0 Å². The molecule has 0 saturated carbocycles. The number of thioether (sulfide) groups is 4. The van der Waals surface area contributed by atoms with Gasteiger partial charge in [0.25, 0.3) is 0 Å². The Labute approximate surface area is 150 Å². The minimum atomic E-state index is 0.445. The molecule has 96 valence electrons. The van der Waals surface area contributed by atoms with Crippen molar-refractivity contribution in [3.63, 3.8) is 0 Å². The fourth-order valence-electron chi connectivity index (χ4n) is 1.64. The van der Waals surface area contributed by atoms with E-state index in [-0.39, 0.29) is 0 Å². The molecule has 4 rings (SSSR count). The molecule has 8 heteroatoms. The van der Waals surface area contributed by atoms with Crippen molar-refractivity contribution in [2.45, 2.75) is 0 Å². The molecule has 0 spiro atoms. The summed E-state index contributed by atoms with van der Waals surface area (Å²) in [6, 6.07) is 0. The summed E-state index contributed by atoms with van der Waals surface area (Å²) in [4.78, 5) is 0. The molecule has 0 nitrogen and oxygen atoms in total. The predicted molar refractivity (Wildman–Crippen MR) is 95.3 cm³/mol. The molecule has 0 N–H and O–H groups in total. The SMILES string of the molecule is C1CSC2=C(S1)[Se]C(=C1[Se]C3=C(SCCS3)[SeH+]1)[Se]2. The summed E-state index contributed by atoms with van der Waals surface area (Å²) < 4.78 is 11.3. The van der Waals surface area contributed by atoms with Gasteiger partial charge in [-0.1, -0.05) is 0 Å². The zero-order valence-corrected chi connectivity index (χ0v) is 19.4. The molecule has 0 bridgehead atoms. The summed E-state index contributed by atoms with van der Waals surface area (Å²) in [6.45, 7) is 0. The summed E-state index contributed by atoms with van der Waals surface area (Å²) in [5.41, 5.74) is 0. The molecule has 0 unspecified atom stereocenters. The average Bonchev–Trinajstić information content (AvgIpc) is 3.02. The molecule has 0 fully saturated rings. The zero-order chi connectivity index (χ0) is 11.9. The molecule has 0 atom stereocenters. The normalized spacial score (nSPS) is 28.0. The standard InChI is InChI=1S/C10H8S4Se4/c1-2-12-6-5(11-1)15-9(16-6)10-17-7-8(18-10)14-4-3-13-7/h1-4H2/p+1. The van der Waals surface area contributed by atoms with Crippen LogP contribution in [0.3, 0.4) is 0 Å². The molecule has 0 aromatic carbocycles. The molecular weight excluding hydrogens is 564 g/mol. The van der Waals surface area contributed by atoms with Gasteiger partial charge in [-0.05, 0) is 0 Å². The van der Waals surface area contributed by atoms with Crippen LogP contribution in [-0.2, 0) is 0 Å². The Morgan fingerprint density at radius 1 is 0.722 bits per heavy atom. The maximum absolute atomic E-state index is 2.19. The van der Waals surface area contributed by atoms with E-state index in [1.807, 2.05) is 22.0 Å². The van der Waals surface area contributed by atoms with Crippen LogP contribution in [0.5, 0.6) is 0 Å². The van der Waals surface area contributed by atoms with E-state index in [0.29, 0.717) is 15.0 Å². The van der Waals surface area contributed by atoms with Gasteiger partial charge in [0.15, 0.2) is 0 Å². The van der Waals surface area contributed by atoms with Crippen molar-refractivity contribution in [3.05, 3.63) is 22.0 Å². The van der Waals surface area contributed by atoms with Crippen LogP contribution in [0.2, 0.25) is 0 Å². The van der Waals surface area contributed by atoms with Gasteiger partial charge >= 0.3 is 152 Å². The van der Waals surface area contributed by atoms with Gasteiger partial charge in [-0.25, -0.2) is 0 Å². The minimum absolute atomic E-state index is 0.445. The van der Waals surface area contributed by atoms with Crippen LogP contribution in [-0.4, -0.2) is 82.8 Å². The number of hydrogen-bond acceptors (Lipinski definition) is 4. The third-order valence-corrected chi connectivity index (χ3v) is 27.4. The van der Waals surface area contributed by atoms with E-state index in [1.54, 1.807) is 0 Å². The van der Waals surface area contributed by atoms with Crippen LogP contribution in [0.25, 0.3) is 0 Å². The second-order valence-electron chi connectivity index (χ2n) is 3.57. The first-order valence-electron chi connectivity index (χ1n) is 5.39. The molecule has 0 saturated heterocycles. The molecule has 0 aliphatic carbocycles. The second-order valence-corrected chi connectivity index (χ2v) is 22.0. The third kappa shape index (κ3) is 2.93. The van der Waals surface area contributed by atoms with E-state index < -0.39 is 0 Å². The van der Waals surface area contributed by atoms with Gasteiger partial charge in [-0.3, -0.25) is 0 Å². The van der Waals surface area contributed by atoms with E-state index in [4.69, 9.17) is 0 Å². The van der Waals surface area contributed by atoms with Crippen molar-refractivity contribution in [2.24, 2.45) is 0 Å². The van der Waals surface area contributed by atoms with E-state index in [9.17, 15) is 0 Å². The van der Waals surface area contributed by atoms with Crippen molar-refractivity contribution in [1.29, 1.82) is 0 Å². The molecule has 0 radical (unpaired) electrons. The Hall–Kier alpha value is 2.70. The van der Waals surface area contributed by atoms with Crippen molar-refractivity contribution in [2.75, 3.05) is 23.0 Å². The van der Waals surface area contributed by atoms with E-state index in [1.165, 1.54) is 23.0 Å². The summed E-state index contributed by atoms with van der Waals surface area (Å²) in [5, 5.41) is 0. The Bertz CT molecular complexity index is 412. The maximum atomic E-state index is 2.19. The first kappa shape index (κ1) is 14.3. The van der Waals surface area contributed by atoms with Crippen LogP contribution < -0.4 is 0 Å². The quantitative estimate of drug-likeness (QED) is 0.407. The Kier molecular flexibility index (Phi) is 5.12. The molecular formula is C10H9S4Se4+. The van der Waals surface area contributed by atoms with Crippen LogP contribution in [0.4, 0.5) is 0 Å². The van der Waals surface area contributed by atoms with E-state index in [2.05, 4.69) is 47.0 Å². The van der Waals surface area contributed by atoms with Crippen molar-refractivity contribution < 1.29 is 0 Å². The first-order chi connectivity index (χ1) is 8.90. The van der Waals surface area contributed by atoms with Gasteiger partial charge in [-0.15, -0.1) is 0 Å². The molecule has 4 heterocycles. The Balaban J connectivity index is 1.54. The van der Waals surface area contributed by atoms with E-state index >= 15 is 0 Å². The average molecular weight is 573 g/mol. The second kappa shape index (κ2) is 6.44. The van der Waals surface area contributed by atoms with Gasteiger partial charge in [0.05, 0.1) is 0 Å². The fraction of sp³-hybridized carbons (Fsp3) is 0.400. The van der Waals surface area contributed by atoms with Gasteiger partial charge in [-0.2, -0.15) is 0 Å². The molecule has 0 aromatic rings. The molecule has 4 aliphatic heterocycles. The summed E-state index contributed by atoms with van der Waals surface area (Å²) in [5.74, 6) is 5.47. The molecule has 0 amide bonds.